The van der Waals surface area contributed by atoms with Crippen molar-refractivity contribution in [3.05, 3.63) is 145 Å². The third-order valence-electron chi connectivity index (χ3n) is 19.5. The largest absolute Gasteiger partial charge is 0.487 e. The Labute approximate surface area is 752 Å². The zero-order chi connectivity index (χ0) is 92.0. The molecule has 4 aliphatic rings. The van der Waals surface area contributed by atoms with Crippen LogP contribution >= 0.6 is 0 Å². The second-order valence-electron chi connectivity index (χ2n) is 30.3. The predicted octanol–water partition coefficient (Wildman–Crippen LogP) is 10.3. The first-order valence-corrected chi connectivity index (χ1v) is 75.8. The number of aromatic nitrogens is 7. The van der Waals surface area contributed by atoms with Crippen LogP contribution in [-0.4, -0.2) is 278 Å². The monoisotopic (exact) mass is 2030 g/mol. The Morgan fingerprint density at radius 1 is 0.352 bits per heavy atom. The van der Waals surface area contributed by atoms with Crippen molar-refractivity contribution in [1.29, 1.82) is 0 Å². The van der Waals surface area contributed by atoms with E-state index in [9.17, 15) is 19.2 Å². The Bertz CT molecular complexity index is 4450. The number of pyridine rings is 5. The first kappa shape index (κ1) is 107. The lowest BCUT2D eigenvalue weighted by atomic mass is 10.0. The Balaban J connectivity index is 0.000000208. The quantitative estimate of drug-likeness (QED) is 0.0204. The summed E-state index contributed by atoms with van der Waals surface area (Å²) in [5.74, 6) is 0. The molecule has 16 atom stereocenters. The molecule has 0 bridgehead atoms. The molecule has 10 heterocycles. The number of fused-ring (bicyclic) bond motifs is 3. The number of hydrogen-bond acceptors (Lipinski definition) is 38. The van der Waals surface area contributed by atoms with E-state index in [0.29, 0.717) is 50.6 Å². The molecule has 0 spiro atoms. The number of aryl methyl sites for hydroxylation is 4. The Hall–Kier alpha value is -3.11. The molecule has 16 unspecified atom stereocenters. The number of imidazole rings is 1. The fourth-order valence-corrected chi connectivity index (χ4v) is 78.6. The fraction of sp³-hybridized carbons (Fsp3) is 0.571. The Kier molecular flexibility index (Phi) is 39.7. The maximum atomic E-state index is 10.6. The standard InChI is InChI=1S/C22H34N2O8Si4.C20H34N2O8Si4.C15H31NO8Si4.C13H30N2O8Si4/c1-7-28-36(31-34(5,27-3)30-35(6,32-36)29-33(4,25)26-2)16-10-12-18-17-19-11-8-14-23-21(19)22-20(18)13-9-15-24-22;1-7-26-34(29-32(5,25-3)28-33(6,30-34)27-31(4,23)24-2)16-10-11-18-13-15-22-20(17-18)19-12-8-9-14-21-19;1-7-20-28(14-8-9-15-10-12-16-13-11-15)23-26(5,19-3)22-27(6,24-28)21-25(4,17)18-2;1-7-19-27(12-8-10-15-11-9-14-13-15)22-25(5,18-3)21-26(6,23-27)20-24(4,16)17-2/h8-9,11,13-15,17,25H,7,10,12,16H2,1-6H3;8-9,12-15,17,23H,7,10-11,16H2,1-6H3;10-13,17H,7-9,14H2,1-6H3;9,11,13,16H,7-8,10,12H2,1-6H3. The number of benzene rings is 1. The van der Waals surface area contributed by atoms with E-state index in [4.69, 9.17) is 119 Å². The summed E-state index contributed by atoms with van der Waals surface area (Å²) in [6.07, 6.45) is 21.5. The normalized spacial score (nSPS) is 30.7. The minimum Gasteiger partial charge on any atom is -0.390 e. The van der Waals surface area contributed by atoms with Gasteiger partial charge >= 0.3 is 141 Å². The highest BCUT2D eigenvalue weighted by Gasteiger charge is 2.70. The molecule has 0 radical (unpaired) electrons. The first-order chi connectivity index (χ1) is 58.8. The summed E-state index contributed by atoms with van der Waals surface area (Å²) in [5, 5.41) is 2.12. The van der Waals surface area contributed by atoms with Gasteiger partial charge in [0, 0.05) is 253 Å². The Morgan fingerprint density at radius 2 is 0.720 bits per heavy atom. The third kappa shape index (κ3) is 31.8. The van der Waals surface area contributed by atoms with Gasteiger partial charge in [0.2, 0.25) is 0 Å². The fourth-order valence-electron chi connectivity index (χ4n) is 14.0. The summed E-state index contributed by atoms with van der Waals surface area (Å²) >= 11 is 0. The van der Waals surface area contributed by atoms with Crippen molar-refractivity contribution in [2.75, 3.05) is 83.3 Å². The van der Waals surface area contributed by atoms with E-state index in [1.165, 1.54) is 72.9 Å². The average molecular weight is 2030 g/mol. The molecule has 0 amide bonds. The van der Waals surface area contributed by atoms with Crippen LogP contribution in [0.4, 0.5) is 0 Å². The third-order valence-corrected chi connectivity index (χ3v) is 77.9. The van der Waals surface area contributed by atoms with E-state index in [0.717, 1.165) is 90.2 Å². The van der Waals surface area contributed by atoms with E-state index in [-0.39, 0.29) is 0 Å². The topological polar surface area (TPSA) is 422 Å². The molecule has 0 aliphatic carbocycles. The molecule has 39 nitrogen and oxygen atoms in total. The van der Waals surface area contributed by atoms with E-state index in [1.54, 1.807) is 123 Å². The van der Waals surface area contributed by atoms with Gasteiger partial charge in [-0.3, -0.25) is 24.9 Å². The lowest BCUT2D eigenvalue weighted by Gasteiger charge is -2.48. The van der Waals surface area contributed by atoms with Gasteiger partial charge in [-0.05, 0) is 144 Å². The number of hydrogen-bond donors (Lipinski definition) is 4. The van der Waals surface area contributed by atoms with Gasteiger partial charge in [0.15, 0.2) is 0 Å². The average Bonchev–Trinajstić information content (AvgIpc) is 0.814. The van der Waals surface area contributed by atoms with Crippen LogP contribution in [0, 0.1) is 0 Å². The lowest BCUT2D eigenvalue weighted by molar-refractivity contribution is 0.0321. The Morgan fingerprint density at radius 3 is 1.10 bits per heavy atom. The van der Waals surface area contributed by atoms with E-state index in [2.05, 4.69) is 48.1 Å². The van der Waals surface area contributed by atoms with Crippen LogP contribution in [0.3, 0.4) is 0 Å². The van der Waals surface area contributed by atoms with E-state index in [1.807, 2.05) is 93.1 Å². The van der Waals surface area contributed by atoms with Crippen LogP contribution in [0.15, 0.2) is 129 Å². The van der Waals surface area contributed by atoms with E-state index >= 15 is 0 Å². The van der Waals surface area contributed by atoms with Crippen LogP contribution in [0.1, 0.15) is 70.1 Å². The van der Waals surface area contributed by atoms with Gasteiger partial charge in [0.25, 0.3) is 0 Å². The van der Waals surface area contributed by atoms with Gasteiger partial charge in [-0.2, -0.15) is 0 Å². The second kappa shape index (κ2) is 46.2. The molecule has 4 aliphatic heterocycles. The molecule has 4 N–H and O–H groups in total. The molecule has 4 fully saturated rings. The lowest BCUT2D eigenvalue weighted by Crippen LogP contribution is -2.73. The van der Waals surface area contributed by atoms with Crippen molar-refractivity contribution in [2.24, 2.45) is 0 Å². The number of rotatable bonds is 41. The van der Waals surface area contributed by atoms with Crippen molar-refractivity contribution in [3.8, 4) is 11.4 Å². The molecule has 125 heavy (non-hydrogen) atoms. The van der Waals surface area contributed by atoms with Crippen LogP contribution in [-0.2, 0) is 145 Å². The highest BCUT2D eigenvalue weighted by molar-refractivity contribution is 6.93. The van der Waals surface area contributed by atoms with E-state index < -0.39 is 141 Å². The number of nitrogens with zero attached hydrogens (tertiary/aromatic N) is 7. The minimum atomic E-state index is -3.46. The van der Waals surface area contributed by atoms with Gasteiger partial charge in [0.1, 0.15) is 0 Å². The molecule has 0 saturated carbocycles. The highest BCUT2D eigenvalue weighted by atomic mass is 28.6. The van der Waals surface area contributed by atoms with Crippen molar-refractivity contribution in [1.82, 2.24) is 34.5 Å². The van der Waals surface area contributed by atoms with Crippen LogP contribution in [0.25, 0.3) is 33.2 Å². The molecule has 6 aromatic heterocycles. The van der Waals surface area contributed by atoms with Crippen molar-refractivity contribution < 1.29 is 138 Å². The first-order valence-electron chi connectivity index (χ1n) is 41.2. The highest BCUT2D eigenvalue weighted by Crippen LogP contribution is 2.43. The molecule has 700 valence electrons. The summed E-state index contributed by atoms with van der Waals surface area (Å²) in [5.41, 5.74) is 6.91. The molecule has 7 aromatic rings. The van der Waals surface area contributed by atoms with Crippen molar-refractivity contribution in [3.63, 3.8) is 0 Å². The summed E-state index contributed by atoms with van der Waals surface area (Å²) in [4.78, 5) is 67.8. The van der Waals surface area contributed by atoms with Gasteiger partial charge in [-0.25, -0.2) is 4.98 Å². The van der Waals surface area contributed by atoms with Crippen LogP contribution in [0.2, 0.25) is 103 Å². The second-order valence-corrected chi connectivity index (χ2v) is 76.2. The van der Waals surface area contributed by atoms with Crippen molar-refractivity contribution >= 4 is 163 Å². The summed E-state index contributed by atoms with van der Waals surface area (Å²) in [6, 6.07) is 26.2. The van der Waals surface area contributed by atoms with Gasteiger partial charge in [-0.15, -0.1) is 0 Å². The van der Waals surface area contributed by atoms with Gasteiger partial charge < -0.3 is 143 Å². The molecular formula is C70H129N7O32Si16. The molecular weight excluding hydrogens is 1900 g/mol. The predicted molar refractivity (Wildman–Crippen MR) is 491 cm³/mol. The zero-order valence-corrected chi connectivity index (χ0v) is 92.3. The maximum absolute atomic E-state index is 10.6. The van der Waals surface area contributed by atoms with Crippen LogP contribution < -0.4 is 0 Å². The molecule has 4 saturated heterocycles. The molecule has 1 aromatic carbocycles. The summed E-state index contributed by atoms with van der Waals surface area (Å²) in [6.45, 7) is 30.1. The maximum Gasteiger partial charge on any atom is 0.487 e. The van der Waals surface area contributed by atoms with Crippen molar-refractivity contribution in [2.45, 2.75) is 182 Å². The van der Waals surface area contributed by atoms with Gasteiger partial charge in [0.05, 0.1) is 28.7 Å². The smallest absolute Gasteiger partial charge is 0.390 e. The zero-order valence-electron chi connectivity index (χ0n) is 76.3. The SMILES string of the molecule is CCO[Si]1(CCCc2cc3cccnc3c3ncccc23)O[Si](C)(OC)O[Si](C)(O[Si](C)(O)OC)O1.CCO[Si]1(CCCc2ccnc(-c3ccccn3)c2)O[Si](C)(OC)O[Si](C)(O[Si](C)(O)OC)O1.CCO[Si]1(CCCc2ccncc2)O[Si](C)(OC)O[Si](C)(O[Si](C)(O)OC)O1.CCO[Si]1(CCCn2ccnc2)O[Si](C)(OC)O[Si](C)(O[Si](C)(O)OC)O1. The summed E-state index contributed by atoms with van der Waals surface area (Å²) in [7, 11) is -40.6. The summed E-state index contributed by atoms with van der Waals surface area (Å²) < 4.78 is 168. The minimum absolute atomic E-state index is 0.400. The molecule has 11 rings (SSSR count). The van der Waals surface area contributed by atoms with Gasteiger partial charge in [-0.1, -0.05) is 18.2 Å². The van der Waals surface area contributed by atoms with Crippen LogP contribution in [0.5, 0.6) is 0 Å². The molecule has 55 heteroatoms.